The van der Waals surface area contributed by atoms with Crippen molar-refractivity contribution in [3.8, 4) is 6.07 Å². The van der Waals surface area contributed by atoms with E-state index < -0.39 is 16.1 Å². The highest BCUT2D eigenvalue weighted by molar-refractivity contribution is 7.89. The molecule has 0 amide bonds. The normalized spacial score (nSPS) is 13.5. The molecule has 0 radical (unpaired) electrons. The van der Waals surface area contributed by atoms with Crippen LogP contribution in [0.1, 0.15) is 12.7 Å². The van der Waals surface area contributed by atoms with Crippen LogP contribution in [0, 0.1) is 18.3 Å². The summed E-state index contributed by atoms with van der Waals surface area (Å²) in [4.78, 5) is 6.33. The molecule has 0 bridgehead atoms. The van der Waals surface area contributed by atoms with E-state index in [1.165, 1.54) is 13.1 Å². The Hall–Kier alpha value is -1.39. The third-order valence-electron chi connectivity index (χ3n) is 1.49. The van der Waals surface area contributed by atoms with Crippen LogP contribution in [0.2, 0.25) is 0 Å². The number of imidazole rings is 1. The average molecular weight is 214 g/mol. The second-order valence-corrected chi connectivity index (χ2v) is 4.49. The zero-order valence-corrected chi connectivity index (χ0v) is 8.59. The molecule has 1 heterocycles. The van der Waals surface area contributed by atoms with Crippen LogP contribution in [0.4, 0.5) is 0 Å². The van der Waals surface area contributed by atoms with E-state index in [2.05, 4.69) is 14.7 Å². The maximum absolute atomic E-state index is 11.5. The molecular formula is C7H10N4O2S. The van der Waals surface area contributed by atoms with Gasteiger partial charge in [-0.1, -0.05) is 0 Å². The summed E-state index contributed by atoms with van der Waals surface area (Å²) in [5.74, 6) is 0.509. The van der Waals surface area contributed by atoms with Crippen molar-refractivity contribution in [2.45, 2.75) is 24.9 Å². The minimum Gasteiger partial charge on any atom is -0.332 e. The minimum absolute atomic E-state index is 0.0305. The fourth-order valence-corrected chi connectivity index (χ4v) is 1.98. The first-order valence-electron chi connectivity index (χ1n) is 3.89. The highest BCUT2D eigenvalue weighted by Crippen LogP contribution is 2.05. The molecule has 14 heavy (non-hydrogen) atoms. The summed E-state index contributed by atoms with van der Waals surface area (Å²) in [6.07, 6.45) is 1.21. The van der Waals surface area contributed by atoms with E-state index in [1.807, 2.05) is 0 Å². The molecule has 0 aliphatic carbocycles. The first kappa shape index (κ1) is 10.7. The highest BCUT2D eigenvalue weighted by atomic mass is 32.2. The number of rotatable bonds is 3. The van der Waals surface area contributed by atoms with E-state index in [9.17, 15) is 8.42 Å². The quantitative estimate of drug-likeness (QED) is 0.734. The number of sulfonamides is 1. The molecule has 6 nitrogen and oxygen atoms in total. The van der Waals surface area contributed by atoms with Crippen LogP contribution in [0.15, 0.2) is 11.2 Å². The van der Waals surface area contributed by atoms with Crippen molar-refractivity contribution in [2.75, 3.05) is 0 Å². The van der Waals surface area contributed by atoms with Gasteiger partial charge in [-0.3, -0.25) is 0 Å². The smallest absolute Gasteiger partial charge is 0.258 e. The molecule has 1 aromatic heterocycles. The van der Waals surface area contributed by atoms with Crippen LogP contribution in [-0.2, 0) is 10.0 Å². The number of nitrogens with zero attached hydrogens (tertiary/aromatic N) is 2. The predicted octanol–water partition coefficient (Wildman–Crippen LogP) is -0.0915. The number of nitriles is 1. The Morgan fingerprint density at radius 3 is 2.79 bits per heavy atom. The van der Waals surface area contributed by atoms with Gasteiger partial charge in [-0.15, -0.1) is 0 Å². The molecule has 1 unspecified atom stereocenters. The van der Waals surface area contributed by atoms with Gasteiger partial charge in [0.25, 0.3) is 10.0 Å². The van der Waals surface area contributed by atoms with E-state index in [-0.39, 0.29) is 5.03 Å². The first-order chi connectivity index (χ1) is 6.45. The number of aryl methyl sites for hydroxylation is 1. The Morgan fingerprint density at radius 2 is 2.36 bits per heavy atom. The minimum atomic E-state index is -3.64. The fraction of sp³-hybridized carbons (Fsp3) is 0.429. The topological polar surface area (TPSA) is 98.6 Å². The van der Waals surface area contributed by atoms with E-state index >= 15 is 0 Å². The zero-order chi connectivity index (χ0) is 10.8. The molecule has 0 saturated carbocycles. The van der Waals surface area contributed by atoms with E-state index in [0.29, 0.717) is 5.82 Å². The maximum Gasteiger partial charge on any atom is 0.258 e. The first-order valence-corrected chi connectivity index (χ1v) is 5.37. The fourth-order valence-electron chi connectivity index (χ4n) is 0.857. The molecule has 1 rings (SSSR count). The van der Waals surface area contributed by atoms with E-state index in [0.717, 1.165) is 0 Å². The van der Waals surface area contributed by atoms with Gasteiger partial charge >= 0.3 is 0 Å². The summed E-state index contributed by atoms with van der Waals surface area (Å²) in [6.45, 7) is 3.10. The number of hydrogen-bond acceptors (Lipinski definition) is 4. The van der Waals surface area contributed by atoms with E-state index in [4.69, 9.17) is 5.26 Å². The summed E-state index contributed by atoms with van der Waals surface area (Å²) in [5.41, 5.74) is 0. The predicted molar refractivity (Wildman–Crippen MR) is 48.7 cm³/mol. The van der Waals surface area contributed by atoms with Crippen LogP contribution < -0.4 is 4.72 Å². The molecule has 0 spiro atoms. The lowest BCUT2D eigenvalue weighted by atomic mass is 10.4. The van der Waals surface area contributed by atoms with Crippen LogP contribution in [0.25, 0.3) is 0 Å². The standard InChI is InChI=1S/C7H10N4O2S/c1-5(3-8)11-14(12,13)7-4-9-6(2)10-7/h4-5,11H,1-2H3,(H,9,10). The summed E-state index contributed by atoms with van der Waals surface area (Å²) in [6, 6.07) is 1.01. The van der Waals surface area contributed by atoms with Crippen LogP contribution >= 0.6 is 0 Å². The molecule has 0 aliphatic heterocycles. The third kappa shape index (κ3) is 2.31. The number of hydrogen-bond donors (Lipinski definition) is 2. The van der Waals surface area contributed by atoms with Gasteiger partial charge in [0, 0.05) is 0 Å². The number of nitrogens with one attached hydrogen (secondary N) is 2. The van der Waals surface area contributed by atoms with Gasteiger partial charge in [0.1, 0.15) is 11.9 Å². The molecule has 1 aromatic rings. The molecular weight excluding hydrogens is 204 g/mol. The Labute approximate surface area is 82.0 Å². The Bertz CT molecular complexity index is 456. The summed E-state index contributed by atoms with van der Waals surface area (Å²) >= 11 is 0. The highest BCUT2D eigenvalue weighted by Gasteiger charge is 2.18. The Balaban J connectivity index is 2.93. The molecule has 0 aliphatic rings. The lowest BCUT2D eigenvalue weighted by Gasteiger charge is -2.04. The van der Waals surface area contributed by atoms with Crippen molar-refractivity contribution in [3.63, 3.8) is 0 Å². The van der Waals surface area contributed by atoms with Crippen LogP contribution in [0.5, 0.6) is 0 Å². The lowest BCUT2D eigenvalue weighted by molar-refractivity contribution is 0.573. The maximum atomic E-state index is 11.5. The van der Waals surface area contributed by atoms with Gasteiger partial charge in [-0.25, -0.2) is 13.4 Å². The molecule has 0 fully saturated rings. The summed E-state index contributed by atoms with van der Waals surface area (Å²) in [7, 11) is -3.64. The van der Waals surface area contributed by atoms with Gasteiger partial charge in [0.2, 0.25) is 0 Å². The van der Waals surface area contributed by atoms with Gasteiger partial charge in [-0.05, 0) is 13.8 Å². The van der Waals surface area contributed by atoms with Crippen molar-refractivity contribution in [2.24, 2.45) is 0 Å². The summed E-state index contributed by atoms with van der Waals surface area (Å²) in [5, 5.41) is 8.42. The van der Waals surface area contributed by atoms with Crippen LogP contribution in [0.3, 0.4) is 0 Å². The molecule has 1 atom stereocenters. The van der Waals surface area contributed by atoms with Gasteiger partial charge in [-0.2, -0.15) is 9.98 Å². The SMILES string of the molecule is Cc1ncc(S(=O)(=O)NC(C)C#N)[nH]1. The largest absolute Gasteiger partial charge is 0.332 e. The second kappa shape index (κ2) is 3.77. The monoisotopic (exact) mass is 214 g/mol. The molecule has 76 valence electrons. The van der Waals surface area contributed by atoms with Crippen molar-refractivity contribution in [1.29, 1.82) is 5.26 Å². The van der Waals surface area contributed by atoms with Crippen molar-refractivity contribution in [3.05, 3.63) is 12.0 Å². The molecule has 2 N–H and O–H groups in total. The number of aromatic amines is 1. The zero-order valence-electron chi connectivity index (χ0n) is 7.77. The third-order valence-corrected chi connectivity index (χ3v) is 2.95. The van der Waals surface area contributed by atoms with Gasteiger partial charge in [0.05, 0.1) is 12.3 Å². The van der Waals surface area contributed by atoms with Crippen molar-refractivity contribution < 1.29 is 8.42 Å². The molecule has 7 heteroatoms. The average Bonchev–Trinajstić information content (AvgIpc) is 2.51. The number of H-pyrrole nitrogens is 1. The second-order valence-electron chi connectivity index (χ2n) is 2.80. The van der Waals surface area contributed by atoms with Crippen LogP contribution in [-0.4, -0.2) is 24.4 Å². The van der Waals surface area contributed by atoms with Gasteiger partial charge in [0.15, 0.2) is 5.03 Å². The Kier molecular flexibility index (Phi) is 2.88. The summed E-state index contributed by atoms with van der Waals surface area (Å²) < 4.78 is 25.1. The number of aromatic nitrogens is 2. The lowest BCUT2D eigenvalue weighted by Crippen LogP contribution is -2.31. The van der Waals surface area contributed by atoms with Gasteiger partial charge < -0.3 is 4.98 Å². The molecule has 0 saturated heterocycles. The van der Waals surface area contributed by atoms with Crippen molar-refractivity contribution >= 4 is 10.0 Å². The van der Waals surface area contributed by atoms with E-state index in [1.54, 1.807) is 13.0 Å². The Morgan fingerprint density at radius 1 is 1.71 bits per heavy atom. The van der Waals surface area contributed by atoms with Crippen molar-refractivity contribution in [1.82, 2.24) is 14.7 Å². The molecule has 0 aromatic carbocycles.